The number of carbonyl (C=O) groups is 2. The van der Waals surface area contributed by atoms with Crippen LogP contribution in [0, 0.1) is 0 Å². The molecule has 0 saturated carbocycles. The number of hydrogen-bond donors (Lipinski definition) is 1. The summed E-state index contributed by atoms with van der Waals surface area (Å²) in [6, 6.07) is 18.0. The fraction of sp³-hybridized carbons (Fsp3) is 0.111. The molecule has 0 fully saturated rings. The largest absolute Gasteiger partial charge is 0.288 e. The molecule has 0 aromatic heterocycles. The van der Waals surface area contributed by atoms with E-state index in [1.165, 1.54) is 0 Å². The van der Waals surface area contributed by atoms with E-state index in [2.05, 4.69) is 5.32 Å². The van der Waals surface area contributed by atoms with E-state index in [1.54, 1.807) is 24.3 Å². The molecule has 3 nitrogen and oxygen atoms in total. The molecule has 2 rings (SSSR count). The molecule has 21 heavy (non-hydrogen) atoms. The van der Waals surface area contributed by atoms with Gasteiger partial charge in [-0.05, 0) is 31.5 Å². The first-order valence-electron chi connectivity index (χ1n) is 6.73. The fourth-order valence-electron chi connectivity index (χ4n) is 2.08. The molecule has 0 bridgehead atoms. The summed E-state index contributed by atoms with van der Waals surface area (Å²) in [4.78, 5) is 24.4. The minimum Gasteiger partial charge on any atom is -0.288 e. The van der Waals surface area contributed by atoms with Gasteiger partial charge in [0.1, 0.15) is 0 Å². The Hall–Kier alpha value is -2.68. The molecule has 0 aliphatic carbocycles. The van der Waals surface area contributed by atoms with Crippen LogP contribution in [0.4, 0.5) is 0 Å². The monoisotopic (exact) mass is 279 g/mol. The molecule has 0 aliphatic heterocycles. The second-order valence-electron chi connectivity index (χ2n) is 4.89. The van der Waals surface area contributed by atoms with Crippen LogP contribution in [0.3, 0.4) is 0 Å². The molecule has 2 amide bonds. The fourth-order valence-corrected chi connectivity index (χ4v) is 2.08. The summed E-state index contributed by atoms with van der Waals surface area (Å²) < 4.78 is 0. The van der Waals surface area contributed by atoms with Gasteiger partial charge in [-0.3, -0.25) is 14.9 Å². The van der Waals surface area contributed by atoms with Crippen LogP contribution in [-0.4, -0.2) is 11.8 Å². The minimum absolute atomic E-state index is 0.380. The third kappa shape index (κ3) is 3.66. The predicted octanol–water partition coefficient (Wildman–Crippen LogP) is 3.44. The second-order valence-corrected chi connectivity index (χ2v) is 4.89. The van der Waals surface area contributed by atoms with E-state index >= 15 is 0 Å². The van der Waals surface area contributed by atoms with Crippen molar-refractivity contribution in [3.05, 3.63) is 77.4 Å². The highest BCUT2D eigenvalue weighted by atomic mass is 16.2. The van der Waals surface area contributed by atoms with Gasteiger partial charge >= 0.3 is 0 Å². The van der Waals surface area contributed by atoms with Crippen LogP contribution < -0.4 is 5.32 Å². The van der Waals surface area contributed by atoms with Crippen molar-refractivity contribution in [2.75, 3.05) is 0 Å². The molecule has 0 spiro atoms. The van der Waals surface area contributed by atoms with Gasteiger partial charge < -0.3 is 0 Å². The Kier molecular flexibility index (Phi) is 4.67. The lowest BCUT2D eigenvalue weighted by Gasteiger charge is -2.10. The first kappa shape index (κ1) is 14.7. The van der Waals surface area contributed by atoms with Crippen molar-refractivity contribution < 1.29 is 9.59 Å². The number of rotatable bonds is 3. The lowest BCUT2D eigenvalue weighted by molar-refractivity contribution is -0.114. The zero-order valence-electron chi connectivity index (χ0n) is 12.1. The molecule has 0 aliphatic rings. The second kappa shape index (κ2) is 6.66. The van der Waals surface area contributed by atoms with E-state index in [9.17, 15) is 9.59 Å². The van der Waals surface area contributed by atoms with Gasteiger partial charge in [-0.2, -0.15) is 0 Å². The van der Waals surface area contributed by atoms with E-state index in [0.29, 0.717) is 11.1 Å². The van der Waals surface area contributed by atoms with Crippen LogP contribution in [0.1, 0.15) is 29.8 Å². The van der Waals surface area contributed by atoms with Crippen LogP contribution in [0.5, 0.6) is 0 Å². The SMILES string of the molecule is CC(C)=C(C(=O)NC(=O)c1ccccc1)c1ccccc1. The van der Waals surface area contributed by atoms with E-state index in [-0.39, 0.29) is 5.91 Å². The van der Waals surface area contributed by atoms with Gasteiger partial charge in [0, 0.05) is 11.1 Å². The van der Waals surface area contributed by atoms with Crippen LogP contribution in [0.2, 0.25) is 0 Å². The highest BCUT2D eigenvalue weighted by molar-refractivity contribution is 6.25. The van der Waals surface area contributed by atoms with Gasteiger partial charge in [0.25, 0.3) is 11.8 Å². The molecule has 0 heterocycles. The number of amides is 2. The van der Waals surface area contributed by atoms with Crippen LogP contribution in [-0.2, 0) is 4.79 Å². The van der Waals surface area contributed by atoms with Gasteiger partial charge in [0.15, 0.2) is 0 Å². The van der Waals surface area contributed by atoms with E-state index in [0.717, 1.165) is 11.1 Å². The summed E-state index contributed by atoms with van der Waals surface area (Å²) in [7, 11) is 0. The van der Waals surface area contributed by atoms with Crippen molar-refractivity contribution in [3.63, 3.8) is 0 Å². The number of allylic oxidation sites excluding steroid dienone is 1. The molecule has 0 unspecified atom stereocenters. The third-order valence-electron chi connectivity index (χ3n) is 3.05. The average Bonchev–Trinajstić information content (AvgIpc) is 2.49. The van der Waals surface area contributed by atoms with Crippen molar-refractivity contribution in [3.8, 4) is 0 Å². The van der Waals surface area contributed by atoms with E-state index in [4.69, 9.17) is 0 Å². The maximum absolute atomic E-state index is 12.4. The maximum Gasteiger partial charge on any atom is 0.258 e. The summed E-state index contributed by atoms with van der Waals surface area (Å²) in [6.45, 7) is 3.71. The molecule has 2 aromatic rings. The molecule has 0 atom stereocenters. The molecule has 3 heteroatoms. The van der Waals surface area contributed by atoms with Crippen LogP contribution in [0.15, 0.2) is 66.2 Å². The first-order chi connectivity index (χ1) is 10.1. The van der Waals surface area contributed by atoms with Crippen molar-refractivity contribution in [2.24, 2.45) is 0 Å². The van der Waals surface area contributed by atoms with Crippen LogP contribution in [0.25, 0.3) is 5.57 Å². The quantitative estimate of drug-likeness (QED) is 0.875. The average molecular weight is 279 g/mol. The predicted molar refractivity (Wildman–Crippen MR) is 83.6 cm³/mol. The standard InChI is InChI=1S/C18H17NO2/c1-13(2)16(14-9-5-3-6-10-14)18(21)19-17(20)15-11-7-4-8-12-15/h3-12H,1-2H3,(H,19,20,21). The van der Waals surface area contributed by atoms with Gasteiger partial charge in [0.2, 0.25) is 0 Å². The zero-order chi connectivity index (χ0) is 15.2. The third-order valence-corrected chi connectivity index (χ3v) is 3.05. The summed E-state index contributed by atoms with van der Waals surface area (Å²) in [6.07, 6.45) is 0. The number of hydrogen-bond acceptors (Lipinski definition) is 2. The normalized spacial score (nSPS) is 9.81. The number of benzene rings is 2. The molecule has 2 aromatic carbocycles. The zero-order valence-corrected chi connectivity index (χ0v) is 12.1. The van der Waals surface area contributed by atoms with Gasteiger partial charge in [-0.1, -0.05) is 54.1 Å². The number of carbonyl (C=O) groups excluding carboxylic acids is 2. The smallest absolute Gasteiger partial charge is 0.258 e. The summed E-state index contributed by atoms with van der Waals surface area (Å²) in [5, 5.41) is 2.44. The molecule has 0 radical (unpaired) electrons. The minimum atomic E-state index is -0.393. The maximum atomic E-state index is 12.4. The molecule has 1 N–H and O–H groups in total. The Bertz CT molecular complexity index is 669. The van der Waals surface area contributed by atoms with Gasteiger partial charge in [0.05, 0.1) is 0 Å². The first-order valence-corrected chi connectivity index (χ1v) is 6.73. The summed E-state index contributed by atoms with van der Waals surface area (Å²) in [5.74, 6) is -0.773. The van der Waals surface area contributed by atoms with Crippen molar-refractivity contribution in [2.45, 2.75) is 13.8 Å². The lowest BCUT2D eigenvalue weighted by atomic mass is 10.0. The molecular formula is C18H17NO2. The van der Waals surface area contributed by atoms with Crippen molar-refractivity contribution >= 4 is 17.4 Å². The molecular weight excluding hydrogens is 262 g/mol. The number of nitrogens with one attached hydrogen (secondary N) is 1. The van der Waals surface area contributed by atoms with Crippen molar-refractivity contribution in [1.29, 1.82) is 0 Å². The summed E-state index contributed by atoms with van der Waals surface area (Å²) in [5.41, 5.74) is 2.65. The topological polar surface area (TPSA) is 46.2 Å². The van der Waals surface area contributed by atoms with Gasteiger partial charge in [-0.25, -0.2) is 0 Å². The van der Waals surface area contributed by atoms with Crippen LogP contribution >= 0.6 is 0 Å². The molecule has 106 valence electrons. The highest BCUT2D eigenvalue weighted by Gasteiger charge is 2.16. The lowest BCUT2D eigenvalue weighted by Crippen LogP contribution is -2.31. The Labute approximate surface area is 124 Å². The molecule has 0 saturated heterocycles. The number of imide groups is 1. The Morgan fingerprint density at radius 3 is 1.71 bits per heavy atom. The van der Waals surface area contributed by atoms with E-state index in [1.807, 2.05) is 50.2 Å². The van der Waals surface area contributed by atoms with E-state index < -0.39 is 5.91 Å². The summed E-state index contributed by atoms with van der Waals surface area (Å²) >= 11 is 0. The Balaban J connectivity index is 2.22. The van der Waals surface area contributed by atoms with Gasteiger partial charge in [-0.15, -0.1) is 0 Å². The highest BCUT2D eigenvalue weighted by Crippen LogP contribution is 2.18. The van der Waals surface area contributed by atoms with Crippen molar-refractivity contribution in [1.82, 2.24) is 5.32 Å². The Morgan fingerprint density at radius 2 is 1.24 bits per heavy atom. The Morgan fingerprint density at radius 1 is 0.762 bits per heavy atom.